The first-order chi connectivity index (χ1) is 14.0. The van der Waals surface area contributed by atoms with Crippen molar-refractivity contribution >= 4 is 32.3 Å². The molecule has 0 aliphatic carbocycles. The topological polar surface area (TPSA) is 105 Å². The van der Waals surface area contributed by atoms with Crippen LogP contribution in [0.25, 0.3) is 10.9 Å². The number of rotatable bonds is 6. The Morgan fingerprint density at radius 2 is 1.86 bits per heavy atom. The number of sulfonamides is 1. The summed E-state index contributed by atoms with van der Waals surface area (Å²) in [5, 5.41) is 15.3. The van der Waals surface area contributed by atoms with Crippen LogP contribution >= 0.6 is 0 Å². The SMILES string of the molecule is O=[N+]([O-])c1ccc(NCc2cccc3cccnc23)c(S(=O)(=O)N2CCCC2)c1. The molecule has 0 saturated carbocycles. The highest BCUT2D eigenvalue weighted by Crippen LogP contribution is 2.31. The molecule has 29 heavy (non-hydrogen) atoms. The number of nitro groups is 1. The van der Waals surface area contributed by atoms with Crippen LogP contribution in [0.5, 0.6) is 0 Å². The fourth-order valence-corrected chi connectivity index (χ4v) is 5.26. The third-order valence-electron chi connectivity index (χ3n) is 5.04. The maximum atomic E-state index is 13.1. The van der Waals surface area contributed by atoms with Crippen LogP contribution in [0.3, 0.4) is 0 Å². The van der Waals surface area contributed by atoms with Crippen LogP contribution in [0, 0.1) is 10.1 Å². The second-order valence-corrected chi connectivity index (χ2v) is 8.80. The van der Waals surface area contributed by atoms with Gasteiger partial charge in [-0.2, -0.15) is 4.31 Å². The van der Waals surface area contributed by atoms with Crippen LogP contribution in [-0.4, -0.2) is 35.7 Å². The Labute approximate surface area is 168 Å². The molecule has 1 saturated heterocycles. The third kappa shape index (κ3) is 3.79. The predicted octanol–water partition coefficient (Wildman–Crippen LogP) is 3.54. The van der Waals surface area contributed by atoms with E-state index in [0.717, 1.165) is 35.4 Å². The van der Waals surface area contributed by atoms with Crippen molar-refractivity contribution in [3.63, 3.8) is 0 Å². The number of anilines is 1. The zero-order valence-electron chi connectivity index (χ0n) is 15.6. The Morgan fingerprint density at radius 1 is 1.10 bits per heavy atom. The minimum absolute atomic E-state index is 0.0678. The number of fused-ring (bicyclic) bond motifs is 1. The van der Waals surface area contributed by atoms with Crippen LogP contribution in [0.4, 0.5) is 11.4 Å². The minimum atomic E-state index is -3.82. The number of para-hydroxylation sites is 1. The molecule has 0 amide bonds. The van der Waals surface area contributed by atoms with Crippen LogP contribution in [0.15, 0.2) is 59.6 Å². The van der Waals surface area contributed by atoms with E-state index in [2.05, 4.69) is 10.3 Å². The molecule has 1 aliphatic rings. The van der Waals surface area contributed by atoms with E-state index < -0.39 is 14.9 Å². The number of benzene rings is 2. The summed E-state index contributed by atoms with van der Waals surface area (Å²) < 4.78 is 27.6. The van der Waals surface area contributed by atoms with Gasteiger partial charge in [0.1, 0.15) is 4.90 Å². The molecular weight excluding hydrogens is 392 g/mol. The van der Waals surface area contributed by atoms with Crippen LogP contribution in [0.2, 0.25) is 0 Å². The summed E-state index contributed by atoms with van der Waals surface area (Å²) in [5.74, 6) is 0. The highest BCUT2D eigenvalue weighted by atomic mass is 32.2. The van der Waals surface area contributed by atoms with Gasteiger partial charge in [-0.25, -0.2) is 8.42 Å². The molecule has 1 aliphatic heterocycles. The fourth-order valence-electron chi connectivity index (χ4n) is 3.55. The van der Waals surface area contributed by atoms with E-state index in [1.54, 1.807) is 6.20 Å². The van der Waals surface area contributed by atoms with Crippen molar-refractivity contribution in [2.45, 2.75) is 24.3 Å². The molecule has 0 radical (unpaired) electrons. The number of hydrogen-bond acceptors (Lipinski definition) is 6. The number of pyridine rings is 1. The lowest BCUT2D eigenvalue weighted by molar-refractivity contribution is -0.385. The maximum Gasteiger partial charge on any atom is 0.270 e. The minimum Gasteiger partial charge on any atom is -0.380 e. The quantitative estimate of drug-likeness (QED) is 0.490. The molecule has 3 aromatic rings. The second-order valence-electron chi connectivity index (χ2n) is 6.89. The molecule has 0 spiro atoms. The van der Waals surface area contributed by atoms with E-state index in [4.69, 9.17) is 0 Å². The van der Waals surface area contributed by atoms with Gasteiger partial charge in [0.15, 0.2) is 0 Å². The van der Waals surface area contributed by atoms with Gasteiger partial charge in [0.2, 0.25) is 10.0 Å². The first kappa shape index (κ1) is 19.3. The summed E-state index contributed by atoms with van der Waals surface area (Å²) in [6.07, 6.45) is 3.29. The third-order valence-corrected chi connectivity index (χ3v) is 6.98. The monoisotopic (exact) mass is 412 g/mol. The average molecular weight is 412 g/mol. The van der Waals surface area contributed by atoms with Gasteiger partial charge in [0, 0.05) is 43.4 Å². The van der Waals surface area contributed by atoms with Crippen molar-refractivity contribution in [1.82, 2.24) is 9.29 Å². The second kappa shape index (κ2) is 7.76. The standard InChI is InChI=1S/C20H20N4O4S/c25-24(26)17-8-9-18(19(13-17)29(27,28)23-11-1-2-12-23)22-14-16-6-3-5-15-7-4-10-21-20(15)16/h3-10,13,22H,1-2,11-12,14H2. The van der Waals surface area contributed by atoms with E-state index >= 15 is 0 Å². The van der Waals surface area contributed by atoms with Gasteiger partial charge >= 0.3 is 0 Å². The van der Waals surface area contributed by atoms with Gasteiger partial charge in [-0.1, -0.05) is 24.3 Å². The molecular formula is C20H20N4O4S. The summed E-state index contributed by atoms with van der Waals surface area (Å²) in [7, 11) is -3.82. The number of nitro benzene ring substituents is 1. The van der Waals surface area contributed by atoms with Crippen molar-refractivity contribution in [2.75, 3.05) is 18.4 Å². The van der Waals surface area contributed by atoms with Gasteiger partial charge < -0.3 is 5.32 Å². The predicted molar refractivity (Wildman–Crippen MR) is 110 cm³/mol. The zero-order chi connectivity index (χ0) is 20.4. The summed E-state index contributed by atoms with van der Waals surface area (Å²) in [6.45, 7) is 1.20. The van der Waals surface area contributed by atoms with E-state index in [1.165, 1.54) is 16.4 Å². The van der Waals surface area contributed by atoms with Gasteiger partial charge in [0.05, 0.1) is 16.1 Å². The Kier molecular flexibility index (Phi) is 5.16. The average Bonchev–Trinajstić information content (AvgIpc) is 3.28. The molecule has 0 bridgehead atoms. The molecule has 2 heterocycles. The number of nitrogens with zero attached hydrogens (tertiary/aromatic N) is 3. The number of hydrogen-bond donors (Lipinski definition) is 1. The van der Waals surface area contributed by atoms with Crippen LogP contribution < -0.4 is 5.32 Å². The molecule has 1 fully saturated rings. The fraction of sp³-hybridized carbons (Fsp3) is 0.250. The van der Waals surface area contributed by atoms with Crippen molar-refractivity contribution in [3.8, 4) is 0 Å². The molecule has 9 heteroatoms. The zero-order valence-corrected chi connectivity index (χ0v) is 16.4. The molecule has 8 nitrogen and oxygen atoms in total. The number of nitrogens with one attached hydrogen (secondary N) is 1. The van der Waals surface area contributed by atoms with E-state index in [-0.39, 0.29) is 10.6 Å². The van der Waals surface area contributed by atoms with E-state index in [9.17, 15) is 18.5 Å². The lowest BCUT2D eigenvalue weighted by Gasteiger charge is -2.19. The van der Waals surface area contributed by atoms with Crippen molar-refractivity contribution in [3.05, 3.63) is 70.4 Å². The van der Waals surface area contributed by atoms with Crippen molar-refractivity contribution in [2.24, 2.45) is 0 Å². The lowest BCUT2D eigenvalue weighted by Crippen LogP contribution is -2.28. The molecule has 150 valence electrons. The summed E-state index contributed by atoms with van der Waals surface area (Å²) in [5.41, 5.74) is 1.83. The molecule has 0 unspecified atom stereocenters. The van der Waals surface area contributed by atoms with Gasteiger partial charge in [-0.15, -0.1) is 0 Å². The molecule has 1 N–H and O–H groups in total. The molecule has 4 rings (SSSR count). The van der Waals surface area contributed by atoms with Crippen molar-refractivity contribution in [1.29, 1.82) is 0 Å². The van der Waals surface area contributed by atoms with Gasteiger partial charge in [0.25, 0.3) is 5.69 Å². The van der Waals surface area contributed by atoms with Crippen LogP contribution in [0.1, 0.15) is 18.4 Å². The Balaban J connectivity index is 1.70. The smallest absolute Gasteiger partial charge is 0.270 e. The summed E-state index contributed by atoms with van der Waals surface area (Å²) >= 11 is 0. The van der Waals surface area contributed by atoms with Gasteiger partial charge in [-0.05, 0) is 30.5 Å². The Bertz CT molecular complexity index is 1170. The van der Waals surface area contributed by atoms with Gasteiger partial charge in [-0.3, -0.25) is 15.1 Å². The number of non-ortho nitro benzene ring substituents is 1. The van der Waals surface area contributed by atoms with Crippen LogP contribution in [-0.2, 0) is 16.6 Å². The summed E-state index contributed by atoms with van der Waals surface area (Å²) in [6, 6.07) is 13.5. The number of aromatic nitrogens is 1. The van der Waals surface area contributed by atoms with E-state index in [1.807, 2.05) is 30.3 Å². The largest absolute Gasteiger partial charge is 0.380 e. The lowest BCUT2D eigenvalue weighted by atomic mass is 10.1. The maximum absolute atomic E-state index is 13.1. The highest BCUT2D eigenvalue weighted by molar-refractivity contribution is 7.89. The first-order valence-corrected chi connectivity index (χ1v) is 10.8. The summed E-state index contributed by atoms with van der Waals surface area (Å²) in [4.78, 5) is 15.0. The molecule has 2 aromatic carbocycles. The normalized spacial score (nSPS) is 14.9. The molecule has 0 atom stereocenters. The first-order valence-electron chi connectivity index (χ1n) is 9.32. The Hall–Kier alpha value is -3.04. The highest BCUT2D eigenvalue weighted by Gasteiger charge is 2.31. The van der Waals surface area contributed by atoms with Crippen molar-refractivity contribution < 1.29 is 13.3 Å². The molecule has 1 aromatic heterocycles. The Morgan fingerprint density at radius 3 is 2.62 bits per heavy atom. The van der Waals surface area contributed by atoms with E-state index in [0.29, 0.717) is 25.3 Å².